The molecule has 1 heterocycles. The number of benzene rings is 1. The summed E-state index contributed by atoms with van der Waals surface area (Å²) in [6.07, 6.45) is 0.822. The van der Waals surface area contributed by atoms with Crippen molar-refractivity contribution >= 4 is 21.6 Å². The van der Waals surface area contributed by atoms with E-state index in [0.29, 0.717) is 5.56 Å². The van der Waals surface area contributed by atoms with Crippen molar-refractivity contribution in [2.75, 3.05) is 0 Å². The van der Waals surface area contributed by atoms with Crippen LogP contribution < -0.4 is 0 Å². The summed E-state index contributed by atoms with van der Waals surface area (Å²) in [6.45, 7) is 6.05. The summed E-state index contributed by atoms with van der Waals surface area (Å²) < 4.78 is 0.783. The minimum absolute atomic E-state index is 0.108. The van der Waals surface area contributed by atoms with Crippen molar-refractivity contribution in [1.29, 1.82) is 5.26 Å². The number of phenols is 1. The SMILES string of the molecule is CC1=NN([C@@H](C#N)c2ccc(Br)cc2O)C(C)(C)C1. The Balaban J connectivity index is 2.44. The predicted octanol–water partition coefficient (Wildman–Crippen LogP) is 3.58. The minimum atomic E-state index is -0.583. The number of nitrogens with zero attached hydrogens (tertiary/aromatic N) is 3. The summed E-state index contributed by atoms with van der Waals surface area (Å²) in [5.41, 5.74) is 1.36. The van der Waals surface area contributed by atoms with Gasteiger partial charge in [0.25, 0.3) is 0 Å². The summed E-state index contributed by atoms with van der Waals surface area (Å²) in [4.78, 5) is 0. The average Bonchev–Trinajstić information content (AvgIpc) is 2.56. The molecule has 0 bridgehead atoms. The van der Waals surface area contributed by atoms with E-state index in [1.54, 1.807) is 17.1 Å². The lowest BCUT2D eigenvalue weighted by Gasteiger charge is -2.34. The molecule has 0 aromatic heterocycles. The maximum Gasteiger partial charge on any atom is 0.162 e. The van der Waals surface area contributed by atoms with Gasteiger partial charge in [0.1, 0.15) is 5.75 Å². The Morgan fingerprint density at radius 2 is 2.21 bits per heavy atom. The number of rotatable bonds is 2. The van der Waals surface area contributed by atoms with Gasteiger partial charge in [-0.15, -0.1) is 0 Å². The zero-order chi connectivity index (χ0) is 14.2. The van der Waals surface area contributed by atoms with Crippen LogP contribution in [0.1, 0.15) is 38.8 Å². The zero-order valence-corrected chi connectivity index (χ0v) is 12.8. The molecule has 1 N–H and O–H groups in total. The Bertz CT molecular complexity index is 575. The quantitative estimate of drug-likeness (QED) is 0.905. The van der Waals surface area contributed by atoms with Crippen LogP contribution in [0.2, 0.25) is 0 Å². The van der Waals surface area contributed by atoms with E-state index in [9.17, 15) is 10.4 Å². The minimum Gasteiger partial charge on any atom is -0.508 e. The predicted molar refractivity (Wildman–Crippen MR) is 77.8 cm³/mol. The number of hydrogen-bond acceptors (Lipinski definition) is 4. The van der Waals surface area contributed by atoms with Crippen LogP contribution in [0.15, 0.2) is 27.8 Å². The number of phenolic OH excluding ortho intramolecular Hbond substituents is 1. The fourth-order valence-corrected chi connectivity index (χ4v) is 2.82. The van der Waals surface area contributed by atoms with Gasteiger partial charge >= 0.3 is 0 Å². The van der Waals surface area contributed by atoms with E-state index in [0.717, 1.165) is 16.6 Å². The molecular formula is C14H16BrN3O. The summed E-state index contributed by atoms with van der Waals surface area (Å²) in [5, 5.41) is 25.7. The second kappa shape index (κ2) is 4.86. The van der Waals surface area contributed by atoms with Crippen LogP contribution in [0.5, 0.6) is 5.75 Å². The molecule has 0 radical (unpaired) electrons. The van der Waals surface area contributed by atoms with Gasteiger partial charge in [-0.1, -0.05) is 22.0 Å². The van der Waals surface area contributed by atoms with E-state index in [-0.39, 0.29) is 11.3 Å². The van der Waals surface area contributed by atoms with Gasteiger partial charge in [-0.25, -0.2) is 0 Å². The number of halogens is 1. The van der Waals surface area contributed by atoms with Crippen molar-refractivity contribution < 1.29 is 5.11 Å². The second-order valence-corrected chi connectivity index (χ2v) is 6.32. The summed E-state index contributed by atoms with van der Waals surface area (Å²) >= 11 is 3.30. The fraction of sp³-hybridized carbons (Fsp3) is 0.429. The highest BCUT2D eigenvalue weighted by Gasteiger charge is 2.38. The molecule has 5 heteroatoms. The molecule has 1 aromatic rings. The molecule has 0 amide bonds. The molecule has 0 saturated heterocycles. The van der Waals surface area contributed by atoms with E-state index in [2.05, 4.69) is 27.1 Å². The highest BCUT2D eigenvalue weighted by Crippen LogP contribution is 2.38. The van der Waals surface area contributed by atoms with Crippen LogP contribution in [0.3, 0.4) is 0 Å². The van der Waals surface area contributed by atoms with Gasteiger partial charge in [0.05, 0.1) is 11.6 Å². The van der Waals surface area contributed by atoms with Crippen LogP contribution >= 0.6 is 15.9 Å². The Labute approximate surface area is 121 Å². The lowest BCUT2D eigenvalue weighted by molar-refractivity contribution is 0.121. The molecule has 0 unspecified atom stereocenters. The van der Waals surface area contributed by atoms with E-state index in [4.69, 9.17) is 0 Å². The van der Waals surface area contributed by atoms with Gasteiger partial charge in [0, 0.05) is 22.2 Å². The largest absolute Gasteiger partial charge is 0.508 e. The van der Waals surface area contributed by atoms with Crippen molar-refractivity contribution in [2.45, 2.75) is 38.8 Å². The highest BCUT2D eigenvalue weighted by molar-refractivity contribution is 9.10. The third-order valence-corrected chi connectivity index (χ3v) is 3.73. The van der Waals surface area contributed by atoms with Crippen LogP contribution in [0.4, 0.5) is 0 Å². The maximum atomic E-state index is 10.0. The first-order valence-electron chi connectivity index (χ1n) is 6.06. The number of aromatic hydroxyl groups is 1. The van der Waals surface area contributed by atoms with Gasteiger partial charge in [-0.05, 0) is 32.9 Å². The van der Waals surface area contributed by atoms with Crippen molar-refractivity contribution in [1.82, 2.24) is 5.01 Å². The highest BCUT2D eigenvalue weighted by atomic mass is 79.9. The summed E-state index contributed by atoms with van der Waals surface area (Å²) in [5.74, 6) is 0.108. The van der Waals surface area contributed by atoms with Crippen LogP contribution in [-0.4, -0.2) is 21.4 Å². The van der Waals surface area contributed by atoms with Crippen molar-refractivity contribution in [3.63, 3.8) is 0 Å². The molecule has 0 spiro atoms. The third kappa shape index (κ3) is 2.59. The second-order valence-electron chi connectivity index (χ2n) is 5.40. The molecule has 1 atom stereocenters. The lowest BCUT2D eigenvalue weighted by Crippen LogP contribution is -2.38. The van der Waals surface area contributed by atoms with E-state index in [1.165, 1.54) is 0 Å². The van der Waals surface area contributed by atoms with Gasteiger partial charge in [-0.3, -0.25) is 5.01 Å². The van der Waals surface area contributed by atoms with E-state index >= 15 is 0 Å². The molecule has 0 fully saturated rings. The third-order valence-electron chi connectivity index (χ3n) is 3.24. The molecule has 1 aromatic carbocycles. The Morgan fingerprint density at radius 1 is 1.53 bits per heavy atom. The lowest BCUT2D eigenvalue weighted by atomic mass is 9.95. The van der Waals surface area contributed by atoms with Crippen molar-refractivity contribution in [2.24, 2.45) is 5.10 Å². The summed E-state index contributed by atoms with van der Waals surface area (Å²) in [6, 6.07) is 6.83. The van der Waals surface area contributed by atoms with E-state index < -0.39 is 6.04 Å². The Hall–Kier alpha value is -1.54. The molecule has 100 valence electrons. The smallest absolute Gasteiger partial charge is 0.162 e. The van der Waals surface area contributed by atoms with Crippen molar-refractivity contribution in [3.8, 4) is 11.8 Å². The van der Waals surface area contributed by atoms with Gasteiger partial charge in [0.2, 0.25) is 0 Å². The normalized spacial score (nSPS) is 18.9. The fourth-order valence-electron chi connectivity index (χ4n) is 2.47. The van der Waals surface area contributed by atoms with Gasteiger partial charge in [-0.2, -0.15) is 10.4 Å². The molecule has 19 heavy (non-hydrogen) atoms. The molecule has 1 aliphatic rings. The number of hydrogen-bond donors (Lipinski definition) is 1. The molecular weight excluding hydrogens is 306 g/mol. The number of hydrazone groups is 1. The van der Waals surface area contributed by atoms with Crippen LogP contribution in [0, 0.1) is 11.3 Å². The average molecular weight is 322 g/mol. The molecule has 0 aliphatic carbocycles. The number of nitriles is 1. The maximum absolute atomic E-state index is 10.0. The molecule has 2 rings (SSSR count). The standard InChI is InChI=1S/C14H16BrN3O/c1-9-7-14(2,3)18(17-9)12(8-16)11-5-4-10(15)6-13(11)19/h4-6,12,19H,7H2,1-3H3/t12-/m0/s1. The Morgan fingerprint density at radius 3 is 2.68 bits per heavy atom. The first-order valence-corrected chi connectivity index (χ1v) is 6.86. The molecule has 0 saturated carbocycles. The van der Waals surface area contributed by atoms with Crippen molar-refractivity contribution in [3.05, 3.63) is 28.2 Å². The zero-order valence-electron chi connectivity index (χ0n) is 11.2. The topological polar surface area (TPSA) is 59.6 Å². The first-order chi connectivity index (χ1) is 8.85. The Kier molecular flexibility index (Phi) is 3.55. The molecule has 4 nitrogen and oxygen atoms in total. The molecule has 1 aliphatic heterocycles. The van der Waals surface area contributed by atoms with Gasteiger partial charge in [0.15, 0.2) is 6.04 Å². The van der Waals surface area contributed by atoms with Crippen LogP contribution in [0.25, 0.3) is 0 Å². The van der Waals surface area contributed by atoms with E-state index in [1.807, 2.05) is 26.8 Å². The van der Waals surface area contributed by atoms with Crippen LogP contribution in [-0.2, 0) is 0 Å². The first kappa shape index (κ1) is 13.9. The monoisotopic (exact) mass is 321 g/mol. The van der Waals surface area contributed by atoms with Gasteiger partial charge < -0.3 is 5.11 Å². The summed E-state index contributed by atoms with van der Waals surface area (Å²) in [7, 11) is 0.